The normalized spacial score (nSPS) is 13.3. The average molecular weight is 313 g/mol. The summed E-state index contributed by atoms with van der Waals surface area (Å²) in [6, 6.07) is 7.22. The van der Waals surface area contributed by atoms with Crippen LogP contribution in [0, 0.1) is 0 Å². The molecule has 0 bridgehead atoms. The molecule has 1 aromatic rings. The zero-order valence-electron chi connectivity index (χ0n) is 13.2. The van der Waals surface area contributed by atoms with Gasteiger partial charge in [0.2, 0.25) is 5.91 Å². The molecule has 1 atom stereocenters. The Labute approximate surface area is 132 Å². The lowest BCUT2D eigenvalue weighted by molar-refractivity contribution is -0.123. The molecule has 5 heteroatoms. The summed E-state index contributed by atoms with van der Waals surface area (Å²) < 4.78 is 0. The number of benzene rings is 1. The van der Waals surface area contributed by atoms with Crippen LogP contribution in [0.5, 0.6) is 0 Å². The maximum Gasteiger partial charge on any atom is 0.234 e. The molecule has 118 valence electrons. The van der Waals surface area contributed by atoms with Gasteiger partial charge in [-0.15, -0.1) is 0 Å². The molecule has 1 rings (SSSR count). The smallest absolute Gasteiger partial charge is 0.234 e. The Hall–Kier alpha value is -1.10. The molecule has 0 radical (unpaired) electrons. The van der Waals surface area contributed by atoms with E-state index in [0.29, 0.717) is 23.7 Å². The van der Waals surface area contributed by atoms with Gasteiger partial charge in [0.1, 0.15) is 0 Å². The molecular weight excluding hydrogens is 288 g/mol. The van der Waals surface area contributed by atoms with E-state index in [1.807, 2.05) is 44.7 Å². The number of aliphatic hydroxyl groups excluding tert-OH is 1. The Morgan fingerprint density at radius 3 is 2.52 bits per heavy atom. The molecule has 21 heavy (non-hydrogen) atoms. The molecule has 0 aliphatic carbocycles. The first-order valence-electron chi connectivity index (χ1n) is 7.18. The molecule has 0 aliphatic heterocycles. The average Bonchev–Trinajstić information content (AvgIpc) is 2.36. The van der Waals surface area contributed by atoms with E-state index in [1.165, 1.54) is 0 Å². The Morgan fingerprint density at radius 1 is 1.38 bits per heavy atom. The minimum atomic E-state index is -0.707. The van der Waals surface area contributed by atoms with Crippen LogP contribution in [0.3, 0.4) is 0 Å². The second kappa shape index (κ2) is 7.78. The molecule has 0 spiro atoms. The monoisotopic (exact) mass is 312 g/mol. The minimum Gasteiger partial charge on any atom is -0.387 e. The molecule has 0 aliphatic rings. The van der Waals surface area contributed by atoms with E-state index < -0.39 is 6.10 Å². The van der Waals surface area contributed by atoms with Crippen molar-refractivity contribution in [3.63, 3.8) is 0 Å². The predicted molar refractivity (Wildman–Crippen MR) is 86.4 cm³/mol. The number of amides is 1. The van der Waals surface area contributed by atoms with Crippen molar-refractivity contribution in [3.05, 3.63) is 34.9 Å². The second-order valence-corrected chi connectivity index (χ2v) is 6.57. The summed E-state index contributed by atoms with van der Waals surface area (Å²) in [6.45, 7) is 9.11. The lowest BCUT2D eigenvalue weighted by Crippen LogP contribution is -2.46. The standard InChI is InChI=1S/C16H25ClN2O2/c1-5-19(11-15(21)18-16(2,3)4)10-14(20)12-8-6-7-9-13(12)17/h6-9,14,20H,5,10-11H2,1-4H3,(H,18,21). The number of likely N-dealkylation sites (N-methyl/N-ethyl adjacent to an activating group) is 1. The van der Waals surface area contributed by atoms with Gasteiger partial charge in [-0.25, -0.2) is 0 Å². The van der Waals surface area contributed by atoms with Gasteiger partial charge in [0.15, 0.2) is 0 Å². The summed E-state index contributed by atoms with van der Waals surface area (Å²) in [7, 11) is 0. The van der Waals surface area contributed by atoms with Gasteiger partial charge in [0.25, 0.3) is 0 Å². The summed E-state index contributed by atoms with van der Waals surface area (Å²) in [5.41, 5.74) is 0.437. The molecule has 1 amide bonds. The fourth-order valence-corrected chi connectivity index (χ4v) is 2.32. The van der Waals surface area contributed by atoms with Crippen LogP contribution in [0.4, 0.5) is 0 Å². The summed E-state index contributed by atoms with van der Waals surface area (Å²) >= 11 is 6.08. The zero-order chi connectivity index (χ0) is 16.0. The van der Waals surface area contributed by atoms with Crippen LogP contribution >= 0.6 is 11.6 Å². The van der Waals surface area contributed by atoms with E-state index in [2.05, 4.69) is 5.32 Å². The Morgan fingerprint density at radius 2 is 2.00 bits per heavy atom. The van der Waals surface area contributed by atoms with Crippen molar-refractivity contribution in [2.75, 3.05) is 19.6 Å². The van der Waals surface area contributed by atoms with E-state index in [-0.39, 0.29) is 18.0 Å². The van der Waals surface area contributed by atoms with Crippen molar-refractivity contribution in [1.29, 1.82) is 0 Å². The number of nitrogens with one attached hydrogen (secondary N) is 1. The molecule has 4 nitrogen and oxygen atoms in total. The fourth-order valence-electron chi connectivity index (χ4n) is 2.05. The molecule has 1 aromatic carbocycles. The third kappa shape index (κ3) is 6.46. The highest BCUT2D eigenvalue weighted by Crippen LogP contribution is 2.23. The fraction of sp³-hybridized carbons (Fsp3) is 0.562. The van der Waals surface area contributed by atoms with Gasteiger partial charge in [-0.2, -0.15) is 0 Å². The Bertz CT molecular complexity index is 472. The number of halogens is 1. The van der Waals surface area contributed by atoms with E-state index >= 15 is 0 Å². The molecule has 2 N–H and O–H groups in total. The highest BCUT2D eigenvalue weighted by molar-refractivity contribution is 6.31. The van der Waals surface area contributed by atoms with Gasteiger partial charge in [-0.1, -0.05) is 36.7 Å². The van der Waals surface area contributed by atoms with Crippen LogP contribution in [0.1, 0.15) is 39.4 Å². The number of aliphatic hydroxyl groups is 1. The number of carbonyl (C=O) groups excluding carboxylic acids is 1. The minimum absolute atomic E-state index is 0.0456. The lowest BCUT2D eigenvalue weighted by atomic mass is 10.1. The maximum absolute atomic E-state index is 12.0. The van der Waals surface area contributed by atoms with Crippen LogP contribution in [0.15, 0.2) is 24.3 Å². The summed E-state index contributed by atoms with van der Waals surface area (Å²) in [5.74, 6) is -0.0456. The molecule has 0 fully saturated rings. The third-order valence-corrected chi connectivity index (χ3v) is 3.37. The van der Waals surface area contributed by atoms with Crippen molar-refractivity contribution >= 4 is 17.5 Å². The molecule has 0 saturated heterocycles. The van der Waals surface area contributed by atoms with Crippen molar-refractivity contribution in [1.82, 2.24) is 10.2 Å². The van der Waals surface area contributed by atoms with Crippen LogP contribution < -0.4 is 5.32 Å². The summed E-state index contributed by atoms with van der Waals surface area (Å²) in [6.07, 6.45) is -0.707. The van der Waals surface area contributed by atoms with Crippen molar-refractivity contribution in [2.24, 2.45) is 0 Å². The summed E-state index contributed by atoms with van der Waals surface area (Å²) in [4.78, 5) is 13.9. The van der Waals surface area contributed by atoms with E-state index in [4.69, 9.17) is 11.6 Å². The van der Waals surface area contributed by atoms with Crippen molar-refractivity contribution < 1.29 is 9.90 Å². The molecule has 0 heterocycles. The zero-order valence-corrected chi connectivity index (χ0v) is 13.9. The Balaban J connectivity index is 2.62. The van der Waals surface area contributed by atoms with Crippen molar-refractivity contribution in [2.45, 2.75) is 39.3 Å². The second-order valence-electron chi connectivity index (χ2n) is 6.16. The van der Waals surface area contributed by atoms with Crippen LogP contribution in [0.25, 0.3) is 0 Å². The van der Waals surface area contributed by atoms with Gasteiger partial charge in [0.05, 0.1) is 12.6 Å². The van der Waals surface area contributed by atoms with Gasteiger partial charge in [-0.3, -0.25) is 9.69 Å². The molecule has 0 aromatic heterocycles. The summed E-state index contributed by atoms with van der Waals surface area (Å²) in [5, 5.41) is 13.8. The first-order chi connectivity index (χ1) is 9.73. The molecular formula is C16H25ClN2O2. The number of hydrogen-bond donors (Lipinski definition) is 2. The number of nitrogens with zero attached hydrogens (tertiary/aromatic N) is 1. The van der Waals surface area contributed by atoms with E-state index in [1.54, 1.807) is 12.1 Å². The number of carbonyl (C=O) groups is 1. The van der Waals surface area contributed by atoms with Gasteiger partial charge in [0, 0.05) is 22.7 Å². The highest BCUT2D eigenvalue weighted by Gasteiger charge is 2.19. The number of hydrogen-bond acceptors (Lipinski definition) is 3. The first kappa shape index (κ1) is 18.0. The molecule has 1 unspecified atom stereocenters. The lowest BCUT2D eigenvalue weighted by Gasteiger charge is -2.26. The van der Waals surface area contributed by atoms with Gasteiger partial charge in [-0.05, 0) is 33.4 Å². The number of rotatable bonds is 6. The highest BCUT2D eigenvalue weighted by atomic mass is 35.5. The quantitative estimate of drug-likeness (QED) is 0.849. The first-order valence-corrected chi connectivity index (χ1v) is 7.56. The van der Waals surface area contributed by atoms with Crippen LogP contribution in [0.2, 0.25) is 5.02 Å². The SMILES string of the molecule is CCN(CC(=O)NC(C)(C)C)CC(O)c1ccccc1Cl. The largest absolute Gasteiger partial charge is 0.387 e. The van der Waals surface area contributed by atoms with Crippen LogP contribution in [-0.2, 0) is 4.79 Å². The van der Waals surface area contributed by atoms with Crippen molar-refractivity contribution in [3.8, 4) is 0 Å². The maximum atomic E-state index is 12.0. The molecule has 0 saturated carbocycles. The predicted octanol–water partition coefficient (Wildman–Crippen LogP) is 2.61. The van der Waals surface area contributed by atoms with E-state index in [9.17, 15) is 9.90 Å². The topological polar surface area (TPSA) is 52.6 Å². The van der Waals surface area contributed by atoms with E-state index in [0.717, 1.165) is 0 Å². The Kier molecular flexibility index (Phi) is 6.65. The van der Waals surface area contributed by atoms with Gasteiger partial charge >= 0.3 is 0 Å². The third-order valence-electron chi connectivity index (χ3n) is 3.02. The van der Waals surface area contributed by atoms with Crippen LogP contribution in [-0.4, -0.2) is 41.1 Å². The van der Waals surface area contributed by atoms with Gasteiger partial charge < -0.3 is 10.4 Å².